The van der Waals surface area contributed by atoms with Crippen LogP contribution in [0.4, 0.5) is 11.6 Å². The van der Waals surface area contributed by atoms with E-state index < -0.39 is 0 Å². The second-order valence-electron chi connectivity index (χ2n) is 7.93. The minimum Gasteiger partial charge on any atom is -0.356 e. The number of carbonyl (C=O) groups is 1. The van der Waals surface area contributed by atoms with Crippen LogP contribution in [0.3, 0.4) is 0 Å². The van der Waals surface area contributed by atoms with E-state index in [4.69, 9.17) is 0 Å². The van der Waals surface area contributed by atoms with Crippen molar-refractivity contribution < 1.29 is 4.79 Å². The fourth-order valence-corrected chi connectivity index (χ4v) is 4.57. The van der Waals surface area contributed by atoms with E-state index in [-0.39, 0.29) is 5.92 Å². The number of nitrogens with zero attached hydrogens (tertiary/aromatic N) is 5. The summed E-state index contributed by atoms with van der Waals surface area (Å²) in [5.41, 5.74) is 0. The fraction of sp³-hybridized carbons (Fsp3) is 0.750. The molecule has 0 spiro atoms. The summed E-state index contributed by atoms with van der Waals surface area (Å²) >= 11 is 0. The summed E-state index contributed by atoms with van der Waals surface area (Å²) in [6, 6.07) is 2.13. The summed E-state index contributed by atoms with van der Waals surface area (Å²) < 4.78 is 0. The van der Waals surface area contributed by atoms with Crippen molar-refractivity contribution in [3.05, 3.63) is 12.4 Å². The SMILES string of the molecule is O=C(C1CCCCC1)N1CCN(c2cc(N3CCCCC3)ncn2)CC1. The highest BCUT2D eigenvalue weighted by molar-refractivity contribution is 5.79. The Kier molecular flexibility index (Phi) is 5.56. The highest BCUT2D eigenvalue weighted by Crippen LogP contribution is 2.27. The van der Waals surface area contributed by atoms with E-state index in [1.54, 1.807) is 6.33 Å². The van der Waals surface area contributed by atoms with Gasteiger partial charge in [-0.25, -0.2) is 9.97 Å². The van der Waals surface area contributed by atoms with Gasteiger partial charge in [0.05, 0.1) is 0 Å². The molecule has 0 radical (unpaired) electrons. The van der Waals surface area contributed by atoms with Crippen molar-refractivity contribution in [3.8, 4) is 0 Å². The highest BCUT2D eigenvalue weighted by atomic mass is 16.2. The Balaban J connectivity index is 1.35. The Bertz CT molecular complexity index is 602. The molecule has 26 heavy (non-hydrogen) atoms. The van der Waals surface area contributed by atoms with Crippen LogP contribution < -0.4 is 9.80 Å². The molecule has 0 N–H and O–H groups in total. The molecular formula is C20H31N5O. The Hall–Kier alpha value is -1.85. The van der Waals surface area contributed by atoms with Crippen LogP contribution in [0.1, 0.15) is 51.4 Å². The Morgan fingerprint density at radius 3 is 2.00 bits per heavy atom. The van der Waals surface area contributed by atoms with E-state index >= 15 is 0 Å². The Labute approximate surface area is 156 Å². The van der Waals surface area contributed by atoms with Crippen LogP contribution in [0.2, 0.25) is 0 Å². The molecule has 2 saturated heterocycles. The van der Waals surface area contributed by atoms with Crippen molar-refractivity contribution in [2.45, 2.75) is 51.4 Å². The molecule has 0 aromatic carbocycles. The second-order valence-corrected chi connectivity index (χ2v) is 7.93. The van der Waals surface area contributed by atoms with Crippen LogP contribution in [0.15, 0.2) is 12.4 Å². The van der Waals surface area contributed by atoms with Crippen LogP contribution in [0, 0.1) is 5.92 Å². The first-order valence-corrected chi connectivity index (χ1v) is 10.4. The quantitative estimate of drug-likeness (QED) is 0.832. The first-order valence-electron chi connectivity index (χ1n) is 10.4. The summed E-state index contributed by atoms with van der Waals surface area (Å²) in [4.78, 5) is 28.5. The summed E-state index contributed by atoms with van der Waals surface area (Å²) in [5.74, 6) is 2.72. The number of rotatable bonds is 3. The largest absolute Gasteiger partial charge is 0.356 e. The molecule has 0 atom stereocenters. The van der Waals surface area contributed by atoms with Gasteiger partial charge in [0.15, 0.2) is 0 Å². The van der Waals surface area contributed by atoms with Gasteiger partial charge in [0.2, 0.25) is 5.91 Å². The molecule has 1 aliphatic carbocycles. The van der Waals surface area contributed by atoms with Crippen molar-refractivity contribution in [1.82, 2.24) is 14.9 Å². The lowest BCUT2D eigenvalue weighted by Crippen LogP contribution is -2.50. The minimum atomic E-state index is 0.278. The van der Waals surface area contributed by atoms with Crippen LogP contribution in [-0.2, 0) is 4.79 Å². The number of carbonyl (C=O) groups excluding carboxylic acids is 1. The van der Waals surface area contributed by atoms with Crippen molar-refractivity contribution >= 4 is 17.5 Å². The van der Waals surface area contributed by atoms with Gasteiger partial charge in [-0.2, -0.15) is 0 Å². The maximum Gasteiger partial charge on any atom is 0.225 e. The molecule has 0 unspecified atom stereocenters. The number of hydrogen-bond acceptors (Lipinski definition) is 5. The third-order valence-corrected chi connectivity index (χ3v) is 6.19. The molecule has 3 fully saturated rings. The van der Waals surface area contributed by atoms with Crippen LogP contribution >= 0.6 is 0 Å². The monoisotopic (exact) mass is 357 g/mol. The predicted molar refractivity (Wildman–Crippen MR) is 103 cm³/mol. The van der Waals surface area contributed by atoms with Crippen LogP contribution in [0.25, 0.3) is 0 Å². The van der Waals surface area contributed by atoms with E-state index in [0.717, 1.165) is 63.7 Å². The van der Waals surface area contributed by atoms with Gasteiger partial charge in [0, 0.05) is 51.3 Å². The maximum atomic E-state index is 12.7. The van der Waals surface area contributed by atoms with Crippen molar-refractivity contribution in [3.63, 3.8) is 0 Å². The number of hydrogen-bond donors (Lipinski definition) is 0. The van der Waals surface area contributed by atoms with Gasteiger partial charge < -0.3 is 14.7 Å². The third-order valence-electron chi connectivity index (χ3n) is 6.19. The normalized spacial score (nSPS) is 22.5. The zero-order valence-corrected chi connectivity index (χ0v) is 15.8. The third kappa shape index (κ3) is 3.94. The molecule has 142 valence electrons. The predicted octanol–water partition coefficient (Wildman–Crippen LogP) is 2.70. The van der Waals surface area contributed by atoms with E-state index in [0.29, 0.717) is 5.91 Å². The van der Waals surface area contributed by atoms with Crippen molar-refractivity contribution in [1.29, 1.82) is 0 Å². The Morgan fingerprint density at radius 1 is 0.769 bits per heavy atom. The van der Waals surface area contributed by atoms with Gasteiger partial charge in [0.25, 0.3) is 0 Å². The lowest BCUT2D eigenvalue weighted by atomic mass is 9.88. The molecule has 1 amide bonds. The number of piperidine rings is 1. The van der Waals surface area contributed by atoms with Crippen LogP contribution in [-0.4, -0.2) is 60.0 Å². The summed E-state index contributed by atoms with van der Waals surface area (Å²) in [7, 11) is 0. The van der Waals surface area contributed by atoms with E-state index in [9.17, 15) is 4.79 Å². The topological polar surface area (TPSA) is 52.6 Å². The lowest BCUT2D eigenvalue weighted by molar-refractivity contribution is -0.136. The highest BCUT2D eigenvalue weighted by Gasteiger charge is 2.29. The number of piperazine rings is 1. The molecule has 6 heteroatoms. The molecule has 3 heterocycles. The smallest absolute Gasteiger partial charge is 0.225 e. The minimum absolute atomic E-state index is 0.278. The van der Waals surface area contributed by atoms with Gasteiger partial charge in [-0.15, -0.1) is 0 Å². The first kappa shape index (κ1) is 17.6. The standard InChI is InChI=1S/C20H31N5O/c26-20(17-7-3-1-4-8-17)25-13-11-24(12-14-25)19-15-18(21-16-22-19)23-9-5-2-6-10-23/h15-17H,1-14H2. The van der Waals surface area contributed by atoms with Crippen molar-refractivity contribution in [2.75, 3.05) is 49.1 Å². The molecular weight excluding hydrogens is 326 g/mol. The van der Waals surface area contributed by atoms with Gasteiger partial charge in [-0.3, -0.25) is 4.79 Å². The molecule has 4 rings (SSSR count). The second kappa shape index (κ2) is 8.23. The van der Waals surface area contributed by atoms with Gasteiger partial charge in [-0.05, 0) is 32.1 Å². The van der Waals surface area contributed by atoms with Gasteiger partial charge in [0.1, 0.15) is 18.0 Å². The molecule has 1 aromatic heterocycles. The number of aromatic nitrogens is 2. The molecule has 6 nitrogen and oxygen atoms in total. The van der Waals surface area contributed by atoms with Gasteiger partial charge in [-0.1, -0.05) is 19.3 Å². The zero-order chi connectivity index (χ0) is 17.8. The van der Waals surface area contributed by atoms with E-state index in [2.05, 4.69) is 30.7 Å². The average Bonchev–Trinajstić information content (AvgIpc) is 2.75. The summed E-state index contributed by atoms with van der Waals surface area (Å²) in [5, 5.41) is 0. The van der Waals surface area contributed by atoms with Crippen LogP contribution in [0.5, 0.6) is 0 Å². The van der Waals surface area contributed by atoms with Crippen molar-refractivity contribution in [2.24, 2.45) is 5.92 Å². The Morgan fingerprint density at radius 2 is 1.35 bits per heavy atom. The molecule has 1 aromatic rings. The molecule has 3 aliphatic rings. The molecule has 1 saturated carbocycles. The lowest BCUT2D eigenvalue weighted by Gasteiger charge is -2.38. The van der Waals surface area contributed by atoms with E-state index in [1.807, 2.05) is 0 Å². The summed E-state index contributed by atoms with van der Waals surface area (Å²) in [6.45, 7) is 5.57. The number of anilines is 2. The first-order chi connectivity index (χ1) is 12.8. The van der Waals surface area contributed by atoms with Gasteiger partial charge >= 0.3 is 0 Å². The average molecular weight is 358 g/mol. The van der Waals surface area contributed by atoms with E-state index in [1.165, 1.54) is 38.5 Å². The molecule has 0 bridgehead atoms. The summed E-state index contributed by atoms with van der Waals surface area (Å²) in [6.07, 6.45) is 11.4. The maximum absolute atomic E-state index is 12.7. The fourth-order valence-electron chi connectivity index (χ4n) is 4.57. The molecule has 2 aliphatic heterocycles. The number of amides is 1. The zero-order valence-electron chi connectivity index (χ0n) is 15.8.